The van der Waals surface area contributed by atoms with E-state index in [-0.39, 0.29) is 5.91 Å². The van der Waals surface area contributed by atoms with E-state index in [1.165, 1.54) is 11.1 Å². The molecule has 1 amide bonds. The Kier molecular flexibility index (Phi) is 2.72. The number of amides is 1. The van der Waals surface area contributed by atoms with Crippen molar-refractivity contribution in [2.75, 3.05) is 11.9 Å². The Hall–Kier alpha value is -1.35. The largest absolute Gasteiger partial charge is 0.328 e. The number of anilines is 1. The van der Waals surface area contributed by atoms with E-state index in [9.17, 15) is 4.79 Å². The summed E-state index contributed by atoms with van der Waals surface area (Å²) in [5, 5.41) is 0. The zero-order valence-corrected chi connectivity index (χ0v) is 11.9. The molecular weight excluding hydrogens is 236 g/mol. The highest BCUT2D eigenvalue weighted by Crippen LogP contribution is 2.41. The number of benzene rings is 1. The van der Waals surface area contributed by atoms with E-state index in [0.717, 1.165) is 30.9 Å². The van der Waals surface area contributed by atoms with Crippen LogP contribution in [0, 0.1) is 5.92 Å². The van der Waals surface area contributed by atoms with Gasteiger partial charge in [0.05, 0.1) is 5.41 Å². The highest BCUT2D eigenvalue weighted by Gasteiger charge is 2.42. The van der Waals surface area contributed by atoms with Gasteiger partial charge in [-0.3, -0.25) is 4.79 Å². The maximum Gasteiger partial charge on any atom is 0.236 e. The van der Waals surface area contributed by atoms with Crippen LogP contribution in [0.3, 0.4) is 0 Å². The summed E-state index contributed by atoms with van der Waals surface area (Å²) < 4.78 is 0. The van der Waals surface area contributed by atoms with Crippen LogP contribution in [-0.2, 0) is 16.6 Å². The molecule has 0 aromatic heterocycles. The molecule has 1 saturated carbocycles. The van der Waals surface area contributed by atoms with Crippen molar-refractivity contribution in [3.8, 4) is 0 Å². The summed E-state index contributed by atoms with van der Waals surface area (Å²) in [4.78, 5) is 14.0. The fraction of sp³-hybridized carbons (Fsp3) is 0.562. The number of nitrogens with two attached hydrogens (primary N) is 1. The Morgan fingerprint density at radius 3 is 2.68 bits per heavy atom. The van der Waals surface area contributed by atoms with E-state index in [4.69, 9.17) is 5.73 Å². The van der Waals surface area contributed by atoms with E-state index in [2.05, 4.69) is 18.2 Å². The van der Waals surface area contributed by atoms with Crippen molar-refractivity contribution in [3.05, 3.63) is 29.3 Å². The molecule has 1 aliphatic heterocycles. The fourth-order valence-electron chi connectivity index (χ4n) is 3.43. The van der Waals surface area contributed by atoms with Crippen molar-refractivity contribution in [2.45, 2.75) is 44.6 Å². The SMILES string of the molecule is CN1C(=O)C(C)(C)c2cc(CC3CC(N)C3)ccc21. The number of carbonyl (C=O) groups is 1. The summed E-state index contributed by atoms with van der Waals surface area (Å²) in [7, 11) is 1.86. The molecule has 0 radical (unpaired) electrons. The molecule has 1 fully saturated rings. The van der Waals surface area contributed by atoms with Crippen LogP contribution in [0.2, 0.25) is 0 Å². The van der Waals surface area contributed by atoms with Crippen LogP contribution in [0.4, 0.5) is 5.69 Å². The van der Waals surface area contributed by atoms with Crippen molar-refractivity contribution >= 4 is 11.6 Å². The third-order valence-electron chi connectivity index (χ3n) is 4.73. The molecule has 1 heterocycles. The molecule has 0 saturated heterocycles. The first kappa shape index (κ1) is 12.7. The van der Waals surface area contributed by atoms with Gasteiger partial charge in [-0.05, 0) is 56.2 Å². The van der Waals surface area contributed by atoms with Gasteiger partial charge >= 0.3 is 0 Å². The third kappa shape index (κ3) is 1.88. The maximum atomic E-state index is 12.2. The molecule has 0 atom stereocenters. The second-order valence-corrected chi connectivity index (χ2v) is 6.64. The second-order valence-electron chi connectivity index (χ2n) is 6.64. The number of fused-ring (bicyclic) bond motifs is 1. The monoisotopic (exact) mass is 258 g/mol. The van der Waals surface area contributed by atoms with Crippen LogP contribution < -0.4 is 10.6 Å². The predicted octanol–water partition coefficient (Wildman–Crippen LogP) is 2.22. The number of hydrogen-bond acceptors (Lipinski definition) is 2. The quantitative estimate of drug-likeness (QED) is 0.884. The smallest absolute Gasteiger partial charge is 0.236 e. The lowest BCUT2D eigenvalue weighted by molar-refractivity contribution is -0.121. The number of carbonyl (C=O) groups excluding carboxylic acids is 1. The maximum absolute atomic E-state index is 12.2. The van der Waals surface area contributed by atoms with Crippen LogP contribution in [0.1, 0.15) is 37.8 Å². The zero-order chi connectivity index (χ0) is 13.8. The van der Waals surface area contributed by atoms with Crippen LogP contribution >= 0.6 is 0 Å². The Labute approximate surface area is 114 Å². The summed E-state index contributed by atoms with van der Waals surface area (Å²) in [6.45, 7) is 4.03. The van der Waals surface area contributed by atoms with Gasteiger partial charge in [-0.1, -0.05) is 12.1 Å². The van der Waals surface area contributed by atoms with Gasteiger partial charge in [0.25, 0.3) is 0 Å². The molecule has 19 heavy (non-hydrogen) atoms. The predicted molar refractivity (Wildman–Crippen MR) is 77.3 cm³/mol. The topological polar surface area (TPSA) is 46.3 Å². The van der Waals surface area contributed by atoms with Gasteiger partial charge in [-0.2, -0.15) is 0 Å². The van der Waals surface area contributed by atoms with Gasteiger partial charge in [0.1, 0.15) is 0 Å². The number of hydrogen-bond donors (Lipinski definition) is 1. The van der Waals surface area contributed by atoms with Gasteiger partial charge in [-0.15, -0.1) is 0 Å². The van der Waals surface area contributed by atoms with Crippen molar-refractivity contribution in [3.63, 3.8) is 0 Å². The first-order valence-electron chi connectivity index (χ1n) is 7.06. The van der Waals surface area contributed by atoms with Crippen molar-refractivity contribution in [1.29, 1.82) is 0 Å². The molecule has 1 aliphatic carbocycles. The highest BCUT2D eigenvalue weighted by atomic mass is 16.2. The standard InChI is InChI=1S/C16H22N2O/c1-16(2)13-9-10(6-11-7-12(17)8-11)4-5-14(13)18(3)15(16)19/h4-5,9,11-12H,6-8,17H2,1-3H3. The first-order chi connectivity index (χ1) is 8.89. The van der Waals surface area contributed by atoms with Crippen molar-refractivity contribution in [2.24, 2.45) is 11.7 Å². The lowest BCUT2D eigenvalue weighted by Gasteiger charge is -2.32. The molecule has 102 valence electrons. The van der Waals surface area contributed by atoms with E-state index < -0.39 is 5.41 Å². The first-order valence-corrected chi connectivity index (χ1v) is 7.06. The summed E-state index contributed by atoms with van der Waals surface area (Å²) in [5.41, 5.74) is 9.01. The summed E-state index contributed by atoms with van der Waals surface area (Å²) in [6, 6.07) is 6.88. The van der Waals surface area contributed by atoms with Gasteiger partial charge in [0, 0.05) is 18.8 Å². The fourth-order valence-corrected chi connectivity index (χ4v) is 3.43. The number of rotatable bonds is 2. The Morgan fingerprint density at radius 1 is 1.37 bits per heavy atom. The van der Waals surface area contributed by atoms with E-state index in [1.54, 1.807) is 4.90 Å². The van der Waals surface area contributed by atoms with E-state index in [1.807, 2.05) is 20.9 Å². The van der Waals surface area contributed by atoms with Gasteiger partial charge in [0.15, 0.2) is 0 Å². The molecule has 3 heteroatoms. The minimum absolute atomic E-state index is 0.185. The van der Waals surface area contributed by atoms with Crippen LogP contribution in [0.25, 0.3) is 0 Å². The minimum atomic E-state index is -0.393. The highest BCUT2D eigenvalue weighted by molar-refractivity contribution is 6.07. The van der Waals surface area contributed by atoms with Crippen molar-refractivity contribution in [1.82, 2.24) is 0 Å². The van der Waals surface area contributed by atoms with Gasteiger partial charge in [-0.25, -0.2) is 0 Å². The molecule has 0 spiro atoms. The Morgan fingerprint density at radius 2 is 2.05 bits per heavy atom. The summed E-state index contributed by atoms with van der Waals surface area (Å²) in [5.74, 6) is 0.913. The molecule has 2 N–H and O–H groups in total. The second kappa shape index (κ2) is 4.07. The third-order valence-corrected chi connectivity index (χ3v) is 4.73. The number of nitrogens with zero attached hydrogens (tertiary/aromatic N) is 1. The molecule has 3 nitrogen and oxygen atoms in total. The molecule has 1 aromatic rings. The van der Waals surface area contributed by atoms with E-state index in [0.29, 0.717) is 6.04 Å². The summed E-state index contributed by atoms with van der Waals surface area (Å²) >= 11 is 0. The molecule has 3 rings (SSSR count). The average Bonchev–Trinajstić information content (AvgIpc) is 2.50. The molecule has 0 bridgehead atoms. The molecule has 0 unspecified atom stereocenters. The number of likely N-dealkylation sites (N-methyl/N-ethyl adjacent to an activating group) is 1. The normalized spacial score (nSPS) is 28.2. The minimum Gasteiger partial charge on any atom is -0.328 e. The van der Waals surface area contributed by atoms with Crippen LogP contribution in [-0.4, -0.2) is 19.0 Å². The van der Waals surface area contributed by atoms with Crippen LogP contribution in [0.15, 0.2) is 18.2 Å². The Bertz CT molecular complexity index is 530. The molecule has 1 aromatic carbocycles. The Balaban J connectivity index is 1.88. The molecular formula is C16H22N2O. The van der Waals surface area contributed by atoms with Gasteiger partial charge < -0.3 is 10.6 Å². The lowest BCUT2D eigenvalue weighted by Crippen LogP contribution is -2.37. The average molecular weight is 258 g/mol. The van der Waals surface area contributed by atoms with Gasteiger partial charge in [0.2, 0.25) is 5.91 Å². The van der Waals surface area contributed by atoms with Crippen LogP contribution in [0.5, 0.6) is 0 Å². The van der Waals surface area contributed by atoms with E-state index >= 15 is 0 Å². The zero-order valence-electron chi connectivity index (χ0n) is 11.9. The van der Waals surface area contributed by atoms with Crippen molar-refractivity contribution < 1.29 is 4.79 Å². The molecule has 2 aliphatic rings. The lowest BCUT2D eigenvalue weighted by atomic mass is 9.76. The summed E-state index contributed by atoms with van der Waals surface area (Å²) in [6.07, 6.45) is 3.37.